The quantitative estimate of drug-likeness (QED) is 0.752. The van der Waals surface area contributed by atoms with Crippen LogP contribution < -0.4 is 4.72 Å². The minimum Gasteiger partial charge on any atom is -0.460 e. The van der Waals surface area contributed by atoms with Gasteiger partial charge in [-0.25, -0.2) is 22.7 Å². The molecule has 8 heteroatoms. The summed E-state index contributed by atoms with van der Waals surface area (Å²) < 4.78 is 35.7. The van der Waals surface area contributed by atoms with Gasteiger partial charge in [0.25, 0.3) is 0 Å². The number of sulfonamides is 1. The Morgan fingerprint density at radius 1 is 1.27 bits per heavy atom. The molecule has 0 saturated carbocycles. The molecule has 0 saturated heterocycles. The Labute approximate surface area is 129 Å². The maximum atomic E-state index is 11.9. The predicted octanol–water partition coefficient (Wildman–Crippen LogP) is 1.09. The number of ether oxygens (including phenoxy) is 2. The monoisotopic (exact) mass is 329 g/mol. The van der Waals surface area contributed by atoms with Crippen LogP contribution in [-0.2, 0) is 24.3 Å². The minimum absolute atomic E-state index is 0.0383. The molecule has 0 radical (unpaired) electrons. The fourth-order valence-corrected chi connectivity index (χ4v) is 2.65. The Morgan fingerprint density at radius 3 is 2.55 bits per heavy atom. The van der Waals surface area contributed by atoms with Crippen molar-refractivity contribution in [2.45, 2.75) is 31.8 Å². The molecule has 1 rings (SSSR count). The van der Waals surface area contributed by atoms with Gasteiger partial charge in [0.05, 0.1) is 16.6 Å². The van der Waals surface area contributed by atoms with Crippen LogP contribution in [0.4, 0.5) is 0 Å². The van der Waals surface area contributed by atoms with E-state index in [1.165, 1.54) is 24.3 Å². The SMILES string of the molecule is CCNS(=O)(=O)c1cccc(C(=O)OCC(=O)OC(C)C)c1. The zero-order chi connectivity index (χ0) is 16.8. The van der Waals surface area contributed by atoms with Crippen molar-refractivity contribution in [1.29, 1.82) is 0 Å². The minimum atomic E-state index is -3.66. The van der Waals surface area contributed by atoms with Crippen molar-refractivity contribution in [3.05, 3.63) is 29.8 Å². The Hall–Kier alpha value is -1.93. The maximum Gasteiger partial charge on any atom is 0.344 e. The number of nitrogens with one attached hydrogen (secondary N) is 1. The Kier molecular flexibility index (Phi) is 6.51. The number of benzene rings is 1. The molecule has 122 valence electrons. The molecule has 0 aromatic heterocycles. The third-order valence-corrected chi connectivity index (χ3v) is 3.95. The van der Waals surface area contributed by atoms with Gasteiger partial charge in [-0.2, -0.15) is 0 Å². The third kappa shape index (κ3) is 5.45. The highest BCUT2D eigenvalue weighted by Gasteiger charge is 2.17. The van der Waals surface area contributed by atoms with Crippen LogP contribution in [0.5, 0.6) is 0 Å². The highest BCUT2D eigenvalue weighted by Crippen LogP contribution is 2.12. The topological polar surface area (TPSA) is 98.8 Å². The summed E-state index contributed by atoms with van der Waals surface area (Å²) in [6.45, 7) is 4.71. The molecule has 0 spiro atoms. The molecule has 1 N–H and O–H groups in total. The maximum absolute atomic E-state index is 11.9. The first-order chi connectivity index (χ1) is 10.3. The number of hydrogen-bond donors (Lipinski definition) is 1. The Bertz CT molecular complexity index is 638. The standard InChI is InChI=1S/C14H19NO6S/c1-4-15-22(18,19)12-7-5-6-11(8-12)14(17)20-9-13(16)21-10(2)3/h5-8,10,15H,4,9H2,1-3H3. The van der Waals surface area contributed by atoms with Crippen molar-refractivity contribution in [1.82, 2.24) is 4.72 Å². The Balaban J connectivity index is 2.77. The van der Waals surface area contributed by atoms with E-state index < -0.39 is 28.6 Å². The number of hydrogen-bond acceptors (Lipinski definition) is 6. The van der Waals surface area contributed by atoms with Crippen molar-refractivity contribution < 1.29 is 27.5 Å². The lowest BCUT2D eigenvalue weighted by Crippen LogP contribution is -2.23. The number of carbonyl (C=O) groups is 2. The molecular formula is C14H19NO6S. The van der Waals surface area contributed by atoms with Crippen LogP contribution in [0, 0.1) is 0 Å². The normalized spacial score (nSPS) is 11.3. The lowest BCUT2D eigenvalue weighted by molar-refractivity contribution is -0.150. The predicted molar refractivity (Wildman–Crippen MR) is 78.8 cm³/mol. The van der Waals surface area contributed by atoms with Crippen LogP contribution in [0.25, 0.3) is 0 Å². The van der Waals surface area contributed by atoms with E-state index in [1.54, 1.807) is 20.8 Å². The van der Waals surface area contributed by atoms with E-state index in [4.69, 9.17) is 9.47 Å². The third-order valence-electron chi connectivity index (χ3n) is 2.40. The first-order valence-corrected chi connectivity index (χ1v) is 8.21. The number of rotatable bonds is 7. The molecule has 0 aliphatic carbocycles. The van der Waals surface area contributed by atoms with Crippen LogP contribution in [0.15, 0.2) is 29.2 Å². The van der Waals surface area contributed by atoms with E-state index >= 15 is 0 Å². The summed E-state index contributed by atoms with van der Waals surface area (Å²) >= 11 is 0. The molecule has 0 aliphatic heterocycles. The van der Waals surface area contributed by atoms with Crippen molar-refractivity contribution in [3.63, 3.8) is 0 Å². The summed E-state index contributed by atoms with van der Waals surface area (Å²) in [5.41, 5.74) is 0.0383. The van der Waals surface area contributed by atoms with Gasteiger partial charge in [0.2, 0.25) is 10.0 Å². The lowest BCUT2D eigenvalue weighted by atomic mass is 10.2. The molecule has 0 fully saturated rings. The summed E-state index contributed by atoms with van der Waals surface area (Å²) in [6.07, 6.45) is -0.306. The highest BCUT2D eigenvalue weighted by atomic mass is 32.2. The smallest absolute Gasteiger partial charge is 0.344 e. The lowest BCUT2D eigenvalue weighted by Gasteiger charge is -2.09. The van der Waals surface area contributed by atoms with Crippen LogP contribution in [0.2, 0.25) is 0 Å². The van der Waals surface area contributed by atoms with Crippen molar-refractivity contribution >= 4 is 22.0 Å². The van der Waals surface area contributed by atoms with E-state index in [0.717, 1.165) is 0 Å². The molecule has 0 atom stereocenters. The average molecular weight is 329 g/mol. The van der Waals surface area contributed by atoms with Crippen molar-refractivity contribution in [2.75, 3.05) is 13.2 Å². The average Bonchev–Trinajstić information content (AvgIpc) is 2.44. The fraction of sp³-hybridized carbons (Fsp3) is 0.429. The van der Waals surface area contributed by atoms with Gasteiger partial charge >= 0.3 is 11.9 Å². The van der Waals surface area contributed by atoms with Gasteiger partial charge in [0.1, 0.15) is 0 Å². The highest BCUT2D eigenvalue weighted by molar-refractivity contribution is 7.89. The molecule has 0 heterocycles. The first kappa shape index (κ1) is 18.1. The van der Waals surface area contributed by atoms with Gasteiger partial charge in [0.15, 0.2) is 6.61 Å². The summed E-state index contributed by atoms with van der Waals surface area (Å²) in [5.74, 6) is -1.46. The van der Waals surface area contributed by atoms with Gasteiger partial charge in [-0.15, -0.1) is 0 Å². The summed E-state index contributed by atoms with van der Waals surface area (Å²) in [5, 5.41) is 0. The van der Waals surface area contributed by atoms with Crippen LogP contribution in [0.1, 0.15) is 31.1 Å². The van der Waals surface area contributed by atoms with E-state index in [1.807, 2.05) is 0 Å². The van der Waals surface area contributed by atoms with E-state index in [9.17, 15) is 18.0 Å². The second-order valence-corrected chi connectivity index (χ2v) is 6.41. The number of carbonyl (C=O) groups excluding carboxylic acids is 2. The largest absolute Gasteiger partial charge is 0.460 e. The van der Waals surface area contributed by atoms with E-state index in [2.05, 4.69) is 4.72 Å². The van der Waals surface area contributed by atoms with Crippen LogP contribution >= 0.6 is 0 Å². The van der Waals surface area contributed by atoms with Crippen LogP contribution in [-0.4, -0.2) is 39.6 Å². The zero-order valence-electron chi connectivity index (χ0n) is 12.7. The molecule has 0 bridgehead atoms. The molecule has 7 nitrogen and oxygen atoms in total. The van der Waals surface area contributed by atoms with E-state index in [-0.39, 0.29) is 23.1 Å². The second-order valence-electron chi connectivity index (χ2n) is 4.64. The zero-order valence-corrected chi connectivity index (χ0v) is 13.5. The van der Waals surface area contributed by atoms with Gasteiger partial charge in [-0.3, -0.25) is 0 Å². The first-order valence-electron chi connectivity index (χ1n) is 6.72. The van der Waals surface area contributed by atoms with Crippen LogP contribution in [0.3, 0.4) is 0 Å². The fourth-order valence-electron chi connectivity index (χ4n) is 1.57. The van der Waals surface area contributed by atoms with E-state index in [0.29, 0.717) is 0 Å². The summed E-state index contributed by atoms with van der Waals surface area (Å²) in [4.78, 5) is 23.1. The van der Waals surface area contributed by atoms with Gasteiger partial charge < -0.3 is 9.47 Å². The number of esters is 2. The van der Waals surface area contributed by atoms with Gasteiger partial charge in [-0.05, 0) is 32.0 Å². The Morgan fingerprint density at radius 2 is 1.95 bits per heavy atom. The van der Waals surface area contributed by atoms with Gasteiger partial charge in [0, 0.05) is 6.54 Å². The molecule has 1 aromatic carbocycles. The molecule has 1 aromatic rings. The summed E-state index contributed by atoms with van der Waals surface area (Å²) in [6, 6.07) is 5.38. The molecule has 0 amide bonds. The molecular weight excluding hydrogens is 310 g/mol. The molecule has 22 heavy (non-hydrogen) atoms. The molecule has 0 unspecified atom stereocenters. The molecule has 0 aliphatic rings. The van der Waals surface area contributed by atoms with Crippen molar-refractivity contribution in [2.24, 2.45) is 0 Å². The second kappa shape index (κ2) is 7.90. The summed E-state index contributed by atoms with van der Waals surface area (Å²) in [7, 11) is -3.66. The van der Waals surface area contributed by atoms with Crippen molar-refractivity contribution in [3.8, 4) is 0 Å². The van der Waals surface area contributed by atoms with Gasteiger partial charge in [-0.1, -0.05) is 13.0 Å².